The number of benzene rings is 2. The van der Waals surface area contributed by atoms with Crippen molar-refractivity contribution in [1.29, 1.82) is 0 Å². The minimum absolute atomic E-state index is 0.0865. The minimum atomic E-state index is -5.20. The molecule has 4 atom stereocenters. The van der Waals surface area contributed by atoms with Gasteiger partial charge in [0.25, 0.3) is 0 Å². The standard InChI is InChI=1S/C32H23F6NO5/c1-13-4-3-5-19(27(13)41)24-18-6-7-20-25(21(18)12-22-26(24)23(40)8-14(2)28(22)42)30(44)39(29(20)43)17-10-15(31(33,34)35)9-16(11-17)32(36,37)38/h3-6,8-11,20-21,24-25,41H,7,12H2,1-2H3. The van der Waals surface area contributed by atoms with Gasteiger partial charge in [-0.1, -0.05) is 29.8 Å². The Bertz CT molecular complexity index is 1750. The molecule has 6 rings (SSSR count). The fourth-order valence-electron chi connectivity index (χ4n) is 6.97. The number of amides is 2. The Morgan fingerprint density at radius 3 is 2.11 bits per heavy atom. The van der Waals surface area contributed by atoms with Gasteiger partial charge in [0, 0.05) is 28.2 Å². The van der Waals surface area contributed by atoms with Crippen LogP contribution in [0.1, 0.15) is 47.9 Å². The lowest BCUT2D eigenvalue weighted by Crippen LogP contribution is -2.39. The Kier molecular flexibility index (Phi) is 6.57. The molecule has 3 aliphatic carbocycles. The molecular weight excluding hydrogens is 592 g/mol. The van der Waals surface area contributed by atoms with E-state index in [1.165, 1.54) is 13.0 Å². The summed E-state index contributed by atoms with van der Waals surface area (Å²) in [6.07, 6.45) is -7.80. The average molecular weight is 616 g/mol. The van der Waals surface area contributed by atoms with Crippen molar-refractivity contribution >= 4 is 29.1 Å². The number of aryl methyl sites for hydroxylation is 1. The van der Waals surface area contributed by atoms with Gasteiger partial charge >= 0.3 is 12.4 Å². The van der Waals surface area contributed by atoms with Crippen molar-refractivity contribution in [3.8, 4) is 5.75 Å². The number of nitrogens with zero attached hydrogens (tertiary/aromatic N) is 1. The third kappa shape index (κ3) is 4.41. The minimum Gasteiger partial charge on any atom is -0.507 e. The van der Waals surface area contributed by atoms with E-state index in [9.17, 15) is 50.6 Å². The molecule has 6 nitrogen and oxygen atoms in total. The molecule has 1 heterocycles. The summed E-state index contributed by atoms with van der Waals surface area (Å²) in [4.78, 5) is 54.6. The molecule has 2 amide bonds. The third-order valence-electron chi connectivity index (χ3n) is 8.97. The molecule has 2 aromatic rings. The van der Waals surface area contributed by atoms with E-state index in [2.05, 4.69) is 0 Å². The number of halogens is 6. The molecule has 1 saturated heterocycles. The van der Waals surface area contributed by atoms with Crippen LogP contribution in [0.15, 0.2) is 70.8 Å². The van der Waals surface area contributed by atoms with Crippen molar-refractivity contribution in [2.24, 2.45) is 17.8 Å². The Morgan fingerprint density at radius 1 is 0.864 bits per heavy atom. The Hall–Kier alpha value is -4.48. The van der Waals surface area contributed by atoms with Gasteiger partial charge in [0.2, 0.25) is 11.8 Å². The number of fused-ring (bicyclic) bond motifs is 3. The highest BCUT2D eigenvalue weighted by Crippen LogP contribution is 2.56. The van der Waals surface area contributed by atoms with E-state index in [0.717, 1.165) is 0 Å². The van der Waals surface area contributed by atoms with E-state index < -0.39 is 76.2 Å². The lowest BCUT2D eigenvalue weighted by molar-refractivity contribution is -0.143. The van der Waals surface area contributed by atoms with Crippen molar-refractivity contribution in [2.45, 2.75) is 45.0 Å². The lowest BCUT2D eigenvalue weighted by atomic mass is 9.59. The molecule has 0 radical (unpaired) electrons. The van der Waals surface area contributed by atoms with Gasteiger partial charge in [-0.05, 0) is 62.4 Å². The summed E-state index contributed by atoms with van der Waals surface area (Å²) in [6, 6.07) is 5.45. The molecule has 0 aromatic heterocycles. The van der Waals surface area contributed by atoms with Crippen LogP contribution in [0.3, 0.4) is 0 Å². The Labute approximate surface area is 246 Å². The Morgan fingerprint density at radius 2 is 1.50 bits per heavy atom. The van der Waals surface area contributed by atoms with Crippen LogP contribution in [0.2, 0.25) is 0 Å². The fraction of sp³-hybridized carbons (Fsp3) is 0.312. The number of aromatic hydroxyl groups is 1. The van der Waals surface area contributed by atoms with Crippen LogP contribution >= 0.6 is 0 Å². The van der Waals surface area contributed by atoms with Crippen LogP contribution in [-0.4, -0.2) is 28.5 Å². The number of hydrogen-bond donors (Lipinski definition) is 1. The largest absolute Gasteiger partial charge is 0.507 e. The first kappa shape index (κ1) is 29.6. The molecule has 1 aliphatic heterocycles. The van der Waals surface area contributed by atoms with Crippen molar-refractivity contribution in [1.82, 2.24) is 0 Å². The average Bonchev–Trinajstić information content (AvgIpc) is 3.20. The normalized spacial score (nSPS) is 25.5. The van der Waals surface area contributed by atoms with Crippen LogP contribution in [0.25, 0.3) is 0 Å². The number of phenols is 1. The molecule has 1 fully saturated rings. The van der Waals surface area contributed by atoms with Crippen molar-refractivity contribution in [2.75, 3.05) is 4.90 Å². The van der Waals surface area contributed by atoms with Crippen LogP contribution in [0.5, 0.6) is 5.75 Å². The number of allylic oxidation sites excluding steroid dienone is 6. The molecule has 0 bridgehead atoms. The van der Waals surface area contributed by atoms with E-state index in [-0.39, 0.29) is 41.4 Å². The zero-order valence-electron chi connectivity index (χ0n) is 23.1. The number of carbonyl (C=O) groups is 4. The van der Waals surface area contributed by atoms with Crippen LogP contribution in [0, 0.1) is 24.7 Å². The molecule has 228 valence electrons. The summed E-state index contributed by atoms with van der Waals surface area (Å²) >= 11 is 0. The van der Waals surface area contributed by atoms with E-state index in [4.69, 9.17) is 0 Å². The van der Waals surface area contributed by atoms with Gasteiger partial charge < -0.3 is 5.11 Å². The fourth-order valence-corrected chi connectivity index (χ4v) is 6.97. The summed E-state index contributed by atoms with van der Waals surface area (Å²) in [5.41, 5.74) is -2.58. The van der Waals surface area contributed by atoms with E-state index in [1.807, 2.05) is 0 Å². The molecule has 4 unspecified atom stereocenters. The summed E-state index contributed by atoms with van der Waals surface area (Å²) < 4.78 is 81.6. The first-order chi connectivity index (χ1) is 20.5. The van der Waals surface area contributed by atoms with Crippen LogP contribution < -0.4 is 4.90 Å². The number of imide groups is 1. The van der Waals surface area contributed by atoms with Gasteiger partial charge in [0.1, 0.15) is 5.75 Å². The predicted octanol–water partition coefficient (Wildman–Crippen LogP) is 6.37. The summed E-state index contributed by atoms with van der Waals surface area (Å²) in [6.45, 7) is 3.09. The van der Waals surface area contributed by atoms with Gasteiger partial charge in [0.05, 0.1) is 28.7 Å². The van der Waals surface area contributed by atoms with Gasteiger partial charge in [0.15, 0.2) is 11.6 Å². The third-order valence-corrected chi connectivity index (χ3v) is 8.97. The highest BCUT2D eigenvalue weighted by molar-refractivity contribution is 6.25. The molecule has 44 heavy (non-hydrogen) atoms. The molecule has 12 heteroatoms. The maximum atomic E-state index is 13.9. The van der Waals surface area contributed by atoms with E-state index in [0.29, 0.717) is 33.7 Å². The molecule has 0 saturated carbocycles. The summed E-state index contributed by atoms with van der Waals surface area (Å²) in [5.74, 6) is -7.23. The first-order valence-electron chi connectivity index (χ1n) is 13.7. The maximum Gasteiger partial charge on any atom is 0.416 e. The Balaban J connectivity index is 1.49. The molecule has 0 spiro atoms. The maximum absolute atomic E-state index is 13.9. The quantitative estimate of drug-likeness (QED) is 0.184. The highest BCUT2D eigenvalue weighted by atomic mass is 19.4. The zero-order valence-corrected chi connectivity index (χ0v) is 23.1. The monoisotopic (exact) mass is 615 g/mol. The second-order valence-corrected chi connectivity index (χ2v) is 11.5. The second-order valence-electron chi connectivity index (χ2n) is 11.5. The number of para-hydroxylation sites is 1. The molecule has 2 aromatic carbocycles. The van der Waals surface area contributed by atoms with Gasteiger partial charge in [-0.3, -0.25) is 19.2 Å². The second kappa shape index (κ2) is 9.76. The van der Waals surface area contributed by atoms with Gasteiger partial charge in [-0.25, -0.2) is 4.90 Å². The summed E-state index contributed by atoms with van der Waals surface area (Å²) in [5, 5.41) is 11.0. The number of hydrogen-bond acceptors (Lipinski definition) is 5. The van der Waals surface area contributed by atoms with E-state index >= 15 is 0 Å². The molecular formula is C32H23F6NO5. The number of phenolic OH excluding ortho intramolecular Hbond substituents is 1. The van der Waals surface area contributed by atoms with E-state index in [1.54, 1.807) is 31.2 Å². The topological polar surface area (TPSA) is 91.8 Å². The van der Waals surface area contributed by atoms with Crippen molar-refractivity contribution in [3.05, 3.63) is 93.1 Å². The number of anilines is 1. The predicted molar refractivity (Wildman–Crippen MR) is 143 cm³/mol. The lowest BCUT2D eigenvalue weighted by Gasteiger charge is -2.42. The van der Waals surface area contributed by atoms with Crippen molar-refractivity contribution < 1.29 is 50.6 Å². The number of Topliss-reactive ketones (excluding diaryl/α,β-unsaturated/α-hetero) is 1. The molecule has 4 aliphatic rings. The SMILES string of the molecule is CC1=CC(=O)C2=C(CC3C(=CCC4C(=O)N(c5cc(C(F)(F)F)cc(C(F)(F)F)c5)C(=O)C43)C2c2cccc(C)c2O)C1=O. The van der Waals surface area contributed by atoms with Crippen molar-refractivity contribution in [3.63, 3.8) is 0 Å². The summed E-state index contributed by atoms with van der Waals surface area (Å²) in [7, 11) is 0. The van der Waals surface area contributed by atoms with Gasteiger partial charge in [-0.15, -0.1) is 0 Å². The number of alkyl halides is 6. The number of ketones is 2. The van der Waals surface area contributed by atoms with Crippen LogP contribution in [0.4, 0.5) is 32.0 Å². The van der Waals surface area contributed by atoms with Crippen LogP contribution in [-0.2, 0) is 31.5 Å². The van der Waals surface area contributed by atoms with Gasteiger partial charge in [-0.2, -0.15) is 26.3 Å². The smallest absolute Gasteiger partial charge is 0.416 e. The molecule has 1 N–H and O–H groups in total. The highest BCUT2D eigenvalue weighted by Gasteiger charge is 2.57. The zero-order chi connectivity index (χ0) is 32.0. The first-order valence-corrected chi connectivity index (χ1v) is 13.7. The number of carbonyl (C=O) groups excluding carboxylic acids is 4. The number of rotatable bonds is 2.